The van der Waals surface area contributed by atoms with Crippen molar-refractivity contribution in [2.45, 2.75) is 19.0 Å². The van der Waals surface area contributed by atoms with Crippen LogP contribution in [0.25, 0.3) is 0 Å². The Balaban J connectivity index is 2.67. The molecule has 1 unspecified atom stereocenters. The van der Waals surface area contributed by atoms with Crippen molar-refractivity contribution in [3.8, 4) is 0 Å². The lowest BCUT2D eigenvalue weighted by Crippen LogP contribution is -2.27. The molecule has 0 saturated heterocycles. The van der Waals surface area contributed by atoms with E-state index in [4.69, 9.17) is 5.73 Å². The largest absolute Gasteiger partial charge is 0.392 e. The molecule has 0 fully saturated rings. The van der Waals surface area contributed by atoms with E-state index in [1.165, 1.54) is 12.4 Å². The zero-order valence-electron chi connectivity index (χ0n) is 8.17. The third-order valence-corrected chi connectivity index (χ3v) is 2.21. The zero-order valence-corrected chi connectivity index (χ0v) is 8.17. The molecule has 0 saturated carbocycles. The van der Waals surface area contributed by atoms with Gasteiger partial charge in [0.25, 0.3) is 0 Å². The van der Waals surface area contributed by atoms with Crippen molar-refractivity contribution in [1.82, 2.24) is 4.98 Å². The summed E-state index contributed by atoms with van der Waals surface area (Å²) in [5, 5.41) is 0. The van der Waals surface area contributed by atoms with Gasteiger partial charge in [0.1, 0.15) is 0 Å². The molecule has 0 aliphatic heterocycles. The minimum Gasteiger partial charge on any atom is -0.330 e. The topological polar surface area (TPSA) is 38.9 Å². The smallest absolute Gasteiger partial charge is 0.330 e. The van der Waals surface area contributed by atoms with Gasteiger partial charge in [-0.2, -0.15) is 13.2 Å². The second kappa shape index (κ2) is 5.11. The number of alkyl halides is 3. The highest BCUT2D eigenvalue weighted by Crippen LogP contribution is 2.31. The van der Waals surface area contributed by atoms with Crippen molar-refractivity contribution in [3.63, 3.8) is 0 Å². The van der Waals surface area contributed by atoms with E-state index in [-0.39, 0.29) is 19.4 Å². The van der Waals surface area contributed by atoms with Gasteiger partial charge >= 0.3 is 6.18 Å². The fraction of sp³-hybridized carbons (Fsp3) is 0.500. The van der Waals surface area contributed by atoms with E-state index in [1.807, 2.05) is 0 Å². The summed E-state index contributed by atoms with van der Waals surface area (Å²) in [6, 6.07) is 3.19. The number of nitrogens with two attached hydrogens (primary N) is 1. The maximum Gasteiger partial charge on any atom is 0.392 e. The Morgan fingerprint density at radius 2 is 1.87 bits per heavy atom. The molecule has 0 radical (unpaired) electrons. The van der Waals surface area contributed by atoms with Gasteiger partial charge in [-0.05, 0) is 37.1 Å². The summed E-state index contributed by atoms with van der Waals surface area (Å²) in [4.78, 5) is 3.75. The predicted octanol–water partition coefficient (Wildman–Crippen LogP) is 2.15. The molecular weight excluding hydrogens is 205 g/mol. The average Bonchev–Trinajstić information content (AvgIpc) is 2.17. The van der Waals surface area contributed by atoms with Crippen LogP contribution < -0.4 is 5.73 Å². The summed E-state index contributed by atoms with van der Waals surface area (Å²) in [6.45, 7) is 0.0509. The van der Waals surface area contributed by atoms with Gasteiger partial charge in [0.2, 0.25) is 0 Å². The fourth-order valence-corrected chi connectivity index (χ4v) is 1.39. The number of rotatable bonds is 4. The van der Waals surface area contributed by atoms with Gasteiger partial charge in [-0.1, -0.05) is 0 Å². The number of hydrogen-bond donors (Lipinski definition) is 1. The third-order valence-electron chi connectivity index (χ3n) is 2.21. The van der Waals surface area contributed by atoms with Crippen LogP contribution in [0.5, 0.6) is 0 Å². The molecule has 2 N–H and O–H groups in total. The first-order valence-corrected chi connectivity index (χ1v) is 4.69. The Morgan fingerprint density at radius 1 is 1.27 bits per heavy atom. The molecule has 15 heavy (non-hydrogen) atoms. The van der Waals surface area contributed by atoms with E-state index in [0.29, 0.717) is 5.56 Å². The number of nitrogens with zero attached hydrogens (tertiary/aromatic N) is 1. The maximum atomic E-state index is 12.5. The molecule has 0 spiro atoms. The van der Waals surface area contributed by atoms with Crippen LogP contribution in [0, 0.1) is 5.92 Å². The van der Waals surface area contributed by atoms with Crippen LogP contribution in [0.3, 0.4) is 0 Å². The molecule has 0 aromatic carbocycles. The molecule has 0 aliphatic carbocycles. The summed E-state index contributed by atoms with van der Waals surface area (Å²) in [5.41, 5.74) is 5.81. The first-order chi connectivity index (χ1) is 7.04. The summed E-state index contributed by atoms with van der Waals surface area (Å²) in [7, 11) is 0. The first-order valence-electron chi connectivity index (χ1n) is 4.69. The second-order valence-corrected chi connectivity index (χ2v) is 3.38. The van der Waals surface area contributed by atoms with Crippen LogP contribution in [-0.2, 0) is 6.42 Å². The Kier molecular flexibility index (Phi) is 4.08. The van der Waals surface area contributed by atoms with Crippen molar-refractivity contribution in [2.24, 2.45) is 11.7 Å². The van der Waals surface area contributed by atoms with Crippen LogP contribution in [0.4, 0.5) is 13.2 Å². The highest BCUT2D eigenvalue weighted by molar-refractivity contribution is 5.10. The normalized spacial score (nSPS) is 13.9. The average molecular weight is 218 g/mol. The lowest BCUT2D eigenvalue weighted by Gasteiger charge is -2.19. The molecule has 2 nitrogen and oxygen atoms in total. The molecule has 5 heteroatoms. The zero-order chi connectivity index (χ0) is 11.3. The summed E-state index contributed by atoms with van der Waals surface area (Å²) in [5.74, 6) is -1.36. The highest BCUT2D eigenvalue weighted by Gasteiger charge is 2.38. The van der Waals surface area contributed by atoms with Gasteiger partial charge in [0.15, 0.2) is 0 Å². The Hall–Kier alpha value is -1.10. The number of pyridine rings is 1. The summed E-state index contributed by atoms with van der Waals surface area (Å²) < 4.78 is 37.6. The lowest BCUT2D eigenvalue weighted by molar-refractivity contribution is -0.175. The quantitative estimate of drug-likeness (QED) is 0.841. The third kappa shape index (κ3) is 3.87. The summed E-state index contributed by atoms with van der Waals surface area (Å²) >= 11 is 0. The van der Waals surface area contributed by atoms with E-state index < -0.39 is 12.1 Å². The molecule has 0 amide bonds. The van der Waals surface area contributed by atoms with E-state index >= 15 is 0 Å². The Morgan fingerprint density at radius 3 is 2.33 bits per heavy atom. The number of hydrogen-bond acceptors (Lipinski definition) is 2. The molecule has 1 heterocycles. The standard InChI is InChI=1S/C10H13F3N2/c11-10(12,13)9(1-4-14)7-8-2-5-15-6-3-8/h2-3,5-6,9H,1,4,7,14H2. The van der Waals surface area contributed by atoms with Gasteiger partial charge < -0.3 is 5.73 Å². The van der Waals surface area contributed by atoms with Crippen molar-refractivity contribution >= 4 is 0 Å². The SMILES string of the molecule is NCCC(Cc1ccncc1)C(F)(F)F. The van der Waals surface area contributed by atoms with Crippen molar-refractivity contribution in [1.29, 1.82) is 0 Å². The van der Waals surface area contributed by atoms with E-state index in [2.05, 4.69) is 4.98 Å². The van der Waals surface area contributed by atoms with Crippen molar-refractivity contribution < 1.29 is 13.2 Å². The maximum absolute atomic E-state index is 12.5. The molecule has 0 bridgehead atoms. The monoisotopic (exact) mass is 218 g/mol. The van der Waals surface area contributed by atoms with Gasteiger partial charge in [-0.3, -0.25) is 4.98 Å². The second-order valence-electron chi connectivity index (χ2n) is 3.38. The van der Waals surface area contributed by atoms with E-state index in [0.717, 1.165) is 0 Å². The Bertz CT molecular complexity index is 284. The van der Waals surface area contributed by atoms with Gasteiger partial charge in [-0.15, -0.1) is 0 Å². The molecule has 1 atom stereocenters. The minimum atomic E-state index is -4.18. The van der Waals surface area contributed by atoms with Crippen LogP contribution in [0.2, 0.25) is 0 Å². The van der Waals surface area contributed by atoms with Crippen molar-refractivity contribution in [3.05, 3.63) is 30.1 Å². The van der Waals surface area contributed by atoms with E-state index in [9.17, 15) is 13.2 Å². The fourth-order valence-electron chi connectivity index (χ4n) is 1.39. The van der Waals surface area contributed by atoms with Crippen LogP contribution in [-0.4, -0.2) is 17.7 Å². The van der Waals surface area contributed by atoms with Crippen LogP contribution in [0.1, 0.15) is 12.0 Å². The van der Waals surface area contributed by atoms with Crippen molar-refractivity contribution in [2.75, 3.05) is 6.54 Å². The number of halogens is 3. The van der Waals surface area contributed by atoms with Crippen LogP contribution in [0.15, 0.2) is 24.5 Å². The van der Waals surface area contributed by atoms with Gasteiger partial charge in [0, 0.05) is 12.4 Å². The molecule has 84 valence electrons. The Labute approximate surface area is 86.3 Å². The molecule has 1 rings (SSSR count). The predicted molar refractivity (Wildman–Crippen MR) is 51.2 cm³/mol. The highest BCUT2D eigenvalue weighted by atomic mass is 19.4. The summed E-state index contributed by atoms with van der Waals surface area (Å²) in [6.07, 6.45) is -1.26. The molecule has 0 aliphatic rings. The van der Waals surface area contributed by atoms with Gasteiger partial charge in [-0.25, -0.2) is 0 Å². The molecule has 1 aromatic heterocycles. The molecule has 1 aromatic rings. The number of aromatic nitrogens is 1. The van der Waals surface area contributed by atoms with E-state index in [1.54, 1.807) is 12.1 Å². The van der Waals surface area contributed by atoms with Crippen LogP contribution >= 0.6 is 0 Å². The molecular formula is C10H13F3N2. The first kappa shape index (κ1) is 12.0. The minimum absolute atomic E-state index is 0.0246. The van der Waals surface area contributed by atoms with Gasteiger partial charge in [0.05, 0.1) is 5.92 Å². The lowest BCUT2D eigenvalue weighted by atomic mass is 9.96.